The van der Waals surface area contributed by atoms with Crippen LogP contribution in [-0.2, 0) is 16.1 Å². The summed E-state index contributed by atoms with van der Waals surface area (Å²) in [7, 11) is 3.26. The largest absolute Gasteiger partial charge is 0.497 e. The van der Waals surface area contributed by atoms with E-state index in [0.29, 0.717) is 19.6 Å². The lowest BCUT2D eigenvalue weighted by Gasteiger charge is -2.36. The molecule has 7 heteroatoms. The fourth-order valence-corrected chi connectivity index (χ4v) is 3.26. The Morgan fingerprint density at radius 3 is 1.97 bits per heavy atom. The molecule has 1 N–H and O–H groups in total. The molecule has 0 radical (unpaired) electrons. The van der Waals surface area contributed by atoms with Crippen molar-refractivity contribution in [2.24, 2.45) is 0 Å². The van der Waals surface area contributed by atoms with Gasteiger partial charge in [-0.2, -0.15) is 0 Å². The van der Waals surface area contributed by atoms with Crippen LogP contribution in [0.25, 0.3) is 0 Å². The summed E-state index contributed by atoms with van der Waals surface area (Å²) in [4.78, 5) is 28.6. The summed E-state index contributed by atoms with van der Waals surface area (Å²) < 4.78 is 10.3. The normalized spacial score (nSPS) is 13.7. The van der Waals surface area contributed by atoms with Gasteiger partial charge in [0.25, 0.3) is 0 Å². The van der Waals surface area contributed by atoms with E-state index in [1.54, 1.807) is 19.1 Å². The average molecular weight is 397 g/mol. The molecule has 0 bridgehead atoms. The Morgan fingerprint density at radius 1 is 0.862 bits per heavy atom. The van der Waals surface area contributed by atoms with Crippen LogP contribution in [0.5, 0.6) is 11.5 Å². The first-order chi connectivity index (χ1) is 14.1. The van der Waals surface area contributed by atoms with Crippen LogP contribution in [0.1, 0.15) is 12.0 Å². The highest BCUT2D eigenvalue weighted by atomic mass is 16.5. The number of rotatable bonds is 7. The van der Waals surface area contributed by atoms with Gasteiger partial charge in [0.05, 0.1) is 14.2 Å². The zero-order valence-electron chi connectivity index (χ0n) is 16.9. The second-order valence-corrected chi connectivity index (χ2v) is 6.87. The van der Waals surface area contributed by atoms with Gasteiger partial charge in [-0.05, 0) is 42.0 Å². The third-order valence-electron chi connectivity index (χ3n) is 5.03. The molecule has 7 nitrogen and oxygen atoms in total. The maximum absolute atomic E-state index is 12.4. The van der Waals surface area contributed by atoms with Gasteiger partial charge in [0.2, 0.25) is 11.8 Å². The molecule has 3 rings (SSSR count). The van der Waals surface area contributed by atoms with E-state index in [4.69, 9.17) is 9.47 Å². The van der Waals surface area contributed by atoms with Gasteiger partial charge in [0.1, 0.15) is 17.9 Å². The van der Waals surface area contributed by atoms with Gasteiger partial charge in [0.15, 0.2) is 0 Å². The van der Waals surface area contributed by atoms with Crippen molar-refractivity contribution in [2.45, 2.75) is 13.0 Å². The molecule has 29 heavy (non-hydrogen) atoms. The van der Waals surface area contributed by atoms with E-state index in [2.05, 4.69) is 10.2 Å². The number of hydrogen-bond donors (Lipinski definition) is 1. The zero-order chi connectivity index (χ0) is 20.6. The van der Waals surface area contributed by atoms with Crippen LogP contribution < -0.4 is 19.7 Å². The summed E-state index contributed by atoms with van der Waals surface area (Å²) in [6.45, 7) is 3.09. The Hall–Kier alpha value is -3.22. The summed E-state index contributed by atoms with van der Waals surface area (Å²) in [5, 5.41) is 2.80. The lowest BCUT2D eigenvalue weighted by molar-refractivity contribution is -0.136. The van der Waals surface area contributed by atoms with Crippen molar-refractivity contribution >= 4 is 17.5 Å². The number of benzene rings is 2. The van der Waals surface area contributed by atoms with E-state index in [-0.39, 0.29) is 18.2 Å². The maximum Gasteiger partial charge on any atom is 0.232 e. The van der Waals surface area contributed by atoms with E-state index < -0.39 is 0 Å². The second kappa shape index (κ2) is 9.82. The minimum absolute atomic E-state index is 0.126. The summed E-state index contributed by atoms with van der Waals surface area (Å²) in [5.41, 5.74) is 2.06. The summed E-state index contributed by atoms with van der Waals surface area (Å²) in [6.07, 6.45) is -0.126. The minimum atomic E-state index is -0.261. The molecule has 154 valence electrons. The number of nitrogens with zero attached hydrogens (tertiary/aromatic N) is 2. The molecule has 0 unspecified atom stereocenters. The van der Waals surface area contributed by atoms with Crippen molar-refractivity contribution in [2.75, 3.05) is 45.3 Å². The molecule has 2 aromatic carbocycles. The van der Waals surface area contributed by atoms with Crippen molar-refractivity contribution in [1.82, 2.24) is 10.2 Å². The molecule has 1 fully saturated rings. The molecule has 0 aliphatic carbocycles. The molecular weight excluding hydrogens is 370 g/mol. The molecule has 1 saturated heterocycles. The van der Waals surface area contributed by atoms with Crippen molar-refractivity contribution in [1.29, 1.82) is 0 Å². The van der Waals surface area contributed by atoms with Gasteiger partial charge in [-0.3, -0.25) is 9.59 Å². The van der Waals surface area contributed by atoms with E-state index in [1.165, 1.54) is 0 Å². The van der Waals surface area contributed by atoms with Crippen LogP contribution in [0.2, 0.25) is 0 Å². The van der Waals surface area contributed by atoms with E-state index in [9.17, 15) is 9.59 Å². The number of carbonyl (C=O) groups excluding carboxylic acids is 2. The molecule has 2 amide bonds. The molecule has 1 aliphatic heterocycles. The van der Waals surface area contributed by atoms with Gasteiger partial charge in [-0.15, -0.1) is 0 Å². The van der Waals surface area contributed by atoms with Gasteiger partial charge in [-0.25, -0.2) is 0 Å². The maximum atomic E-state index is 12.4. The number of anilines is 1. The molecule has 0 saturated carbocycles. The Morgan fingerprint density at radius 2 is 1.41 bits per heavy atom. The van der Waals surface area contributed by atoms with Crippen LogP contribution in [0.4, 0.5) is 5.69 Å². The predicted molar refractivity (Wildman–Crippen MR) is 111 cm³/mol. The van der Waals surface area contributed by atoms with Crippen LogP contribution in [-0.4, -0.2) is 57.1 Å². The number of amides is 2. The SMILES string of the molecule is COc1ccc(CNC(=O)CC(=O)N2CCN(c3ccc(OC)cc3)CC2)cc1. The fourth-order valence-electron chi connectivity index (χ4n) is 3.26. The topological polar surface area (TPSA) is 71.1 Å². The molecule has 0 atom stereocenters. The Balaban J connectivity index is 1.42. The molecule has 1 aliphatic rings. The highest BCUT2D eigenvalue weighted by Gasteiger charge is 2.23. The Kier molecular flexibility index (Phi) is 6.94. The fraction of sp³-hybridized carbons (Fsp3) is 0.364. The standard InChI is InChI=1S/C22H27N3O4/c1-28-19-7-3-17(4-8-19)16-23-21(26)15-22(27)25-13-11-24(12-14-25)18-5-9-20(29-2)10-6-18/h3-10H,11-16H2,1-2H3,(H,23,26). The van der Waals surface area contributed by atoms with Crippen molar-refractivity contribution < 1.29 is 19.1 Å². The number of ether oxygens (including phenoxy) is 2. The van der Waals surface area contributed by atoms with Gasteiger partial charge < -0.3 is 24.6 Å². The first-order valence-corrected chi connectivity index (χ1v) is 9.65. The average Bonchev–Trinajstić information content (AvgIpc) is 2.78. The monoisotopic (exact) mass is 397 g/mol. The number of piperazine rings is 1. The third-order valence-corrected chi connectivity index (χ3v) is 5.03. The van der Waals surface area contributed by atoms with Crippen molar-refractivity contribution in [3.05, 3.63) is 54.1 Å². The first-order valence-electron chi connectivity index (χ1n) is 9.65. The number of nitrogens with one attached hydrogen (secondary N) is 1. The van der Waals surface area contributed by atoms with Crippen molar-refractivity contribution in [3.63, 3.8) is 0 Å². The first kappa shape index (κ1) is 20.5. The van der Waals surface area contributed by atoms with Crippen LogP contribution in [0.15, 0.2) is 48.5 Å². The molecular formula is C22H27N3O4. The van der Waals surface area contributed by atoms with E-state index in [0.717, 1.165) is 35.8 Å². The molecule has 0 aromatic heterocycles. The smallest absolute Gasteiger partial charge is 0.232 e. The van der Waals surface area contributed by atoms with Crippen LogP contribution in [0, 0.1) is 0 Å². The summed E-state index contributed by atoms with van der Waals surface area (Å²) in [6, 6.07) is 15.4. The van der Waals surface area contributed by atoms with E-state index in [1.807, 2.05) is 48.5 Å². The Labute approximate surface area is 171 Å². The Bertz CT molecular complexity index is 813. The van der Waals surface area contributed by atoms with Crippen LogP contribution in [0.3, 0.4) is 0 Å². The number of carbonyl (C=O) groups is 2. The molecule has 2 aromatic rings. The summed E-state index contributed by atoms with van der Waals surface area (Å²) in [5.74, 6) is 1.20. The lowest BCUT2D eigenvalue weighted by Crippen LogP contribution is -2.49. The number of hydrogen-bond acceptors (Lipinski definition) is 5. The highest BCUT2D eigenvalue weighted by Crippen LogP contribution is 2.20. The summed E-state index contributed by atoms with van der Waals surface area (Å²) >= 11 is 0. The van der Waals surface area contributed by atoms with E-state index >= 15 is 0 Å². The minimum Gasteiger partial charge on any atom is -0.497 e. The predicted octanol–water partition coefficient (Wildman–Crippen LogP) is 2.06. The third kappa shape index (κ3) is 5.63. The highest BCUT2D eigenvalue weighted by molar-refractivity contribution is 5.96. The van der Waals surface area contributed by atoms with Gasteiger partial charge >= 0.3 is 0 Å². The van der Waals surface area contributed by atoms with Crippen LogP contribution >= 0.6 is 0 Å². The van der Waals surface area contributed by atoms with Gasteiger partial charge in [0, 0.05) is 38.4 Å². The number of methoxy groups -OCH3 is 2. The second-order valence-electron chi connectivity index (χ2n) is 6.87. The quantitative estimate of drug-likeness (QED) is 0.724. The van der Waals surface area contributed by atoms with Crippen molar-refractivity contribution in [3.8, 4) is 11.5 Å². The molecule has 0 spiro atoms. The van der Waals surface area contributed by atoms with Gasteiger partial charge in [-0.1, -0.05) is 12.1 Å². The lowest BCUT2D eigenvalue weighted by atomic mass is 10.2. The molecule has 1 heterocycles. The zero-order valence-corrected chi connectivity index (χ0v) is 16.9.